The second kappa shape index (κ2) is 12.7. The first-order valence-corrected chi connectivity index (χ1v) is 9.72. The Kier molecular flexibility index (Phi) is 11.5. The van der Waals surface area contributed by atoms with E-state index in [1.807, 2.05) is 33.8 Å². The van der Waals surface area contributed by atoms with Crippen molar-refractivity contribution in [3.8, 4) is 12.8 Å². The van der Waals surface area contributed by atoms with E-state index in [1.54, 1.807) is 12.1 Å². The van der Waals surface area contributed by atoms with Crippen LogP contribution in [0.3, 0.4) is 0 Å². The highest BCUT2D eigenvalue weighted by Gasteiger charge is 2.22. The van der Waals surface area contributed by atoms with Gasteiger partial charge in [0, 0.05) is 0 Å². The van der Waals surface area contributed by atoms with E-state index < -0.39 is 0 Å². The van der Waals surface area contributed by atoms with Crippen molar-refractivity contribution in [3.05, 3.63) is 76.1 Å². The molecule has 1 heteroatoms. The van der Waals surface area contributed by atoms with Crippen LogP contribution in [-0.2, 0) is 0 Å². The molecule has 2 aromatic rings. The minimum absolute atomic E-state index is 0.163. The normalized spacial score (nSPS) is 12.7. The fourth-order valence-corrected chi connectivity index (χ4v) is 3.04. The van der Waals surface area contributed by atoms with E-state index in [1.165, 1.54) is 27.8 Å². The topological polar surface area (TPSA) is 0 Å². The molecule has 0 aromatic heterocycles. The van der Waals surface area contributed by atoms with E-state index in [9.17, 15) is 4.39 Å². The van der Waals surface area contributed by atoms with Gasteiger partial charge in [-0.1, -0.05) is 70.5 Å². The lowest BCUT2D eigenvalue weighted by Crippen LogP contribution is -1.86. The first-order chi connectivity index (χ1) is 13.1. The molecule has 0 N–H and O–H groups in total. The summed E-state index contributed by atoms with van der Waals surface area (Å²) in [5, 5.41) is 0. The van der Waals surface area contributed by atoms with Crippen LogP contribution < -0.4 is 0 Å². The van der Waals surface area contributed by atoms with Crippen molar-refractivity contribution in [1.82, 2.24) is 0 Å². The van der Waals surface area contributed by atoms with Crippen molar-refractivity contribution in [2.75, 3.05) is 0 Å². The van der Waals surface area contributed by atoms with E-state index in [-0.39, 0.29) is 5.82 Å². The van der Waals surface area contributed by atoms with Gasteiger partial charge in [-0.3, -0.25) is 0 Å². The number of hydrogen-bond acceptors (Lipinski definition) is 0. The molecule has 0 saturated heterocycles. The molecule has 0 heterocycles. The van der Waals surface area contributed by atoms with Crippen molar-refractivity contribution >= 4 is 17.2 Å². The molecule has 0 bridgehead atoms. The zero-order valence-electron chi connectivity index (χ0n) is 17.9. The molecule has 0 saturated carbocycles. The Bertz CT molecular complexity index is 787. The third-order valence-corrected chi connectivity index (χ3v) is 4.20. The summed E-state index contributed by atoms with van der Waals surface area (Å²) >= 11 is 0. The molecule has 0 radical (unpaired) electrons. The Hall–Kier alpha value is -2.59. The molecular formula is C26H33F. The lowest BCUT2D eigenvalue weighted by atomic mass is 10.0. The number of hydrogen-bond donors (Lipinski definition) is 0. The third kappa shape index (κ3) is 5.97. The van der Waals surface area contributed by atoms with Gasteiger partial charge in [-0.05, 0) is 71.9 Å². The number of allylic oxidation sites excluding steroid dienone is 3. The van der Waals surface area contributed by atoms with Crippen LogP contribution in [0.25, 0.3) is 17.2 Å². The third-order valence-electron chi connectivity index (χ3n) is 4.20. The molecule has 0 unspecified atom stereocenters. The molecule has 0 atom stereocenters. The summed E-state index contributed by atoms with van der Waals surface area (Å²) in [6.45, 7) is 14.4. The second-order valence-electron chi connectivity index (χ2n) is 5.62. The van der Waals surface area contributed by atoms with Crippen LogP contribution in [0, 0.1) is 25.6 Å². The minimum atomic E-state index is -0.163. The first-order valence-electron chi connectivity index (χ1n) is 9.72. The largest absolute Gasteiger partial charge is 0.207 e. The van der Waals surface area contributed by atoms with Gasteiger partial charge in [0.25, 0.3) is 0 Å². The fraction of sp³-hybridized carbons (Fsp3) is 0.308. The predicted octanol–water partition coefficient (Wildman–Crippen LogP) is 8.17. The molecule has 0 spiro atoms. The molecular weight excluding hydrogens is 331 g/mol. The monoisotopic (exact) mass is 364 g/mol. The van der Waals surface area contributed by atoms with E-state index in [4.69, 9.17) is 0 Å². The Balaban J connectivity index is 0.00000103. The van der Waals surface area contributed by atoms with Crippen molar-refractivity contribution in [2.24, 2.45) is 0 Å². The van der Waals surface area contributed by atoms with Crippen molar-refractivity contribution in [2.45, 2.75) is 54.9 Å². The highest BCUT2D eigenvalue weighted by atomic mass is 19.1. The average molecular weight is 365 g/mol. The molecule has 3 rings (SSSR count). The quantitative estimate of drug-likeness (QED) is 0.471. The van der Waals surface area contributed by atoms with Gasteiger partial charge in [0.05, 0.1) is 0 Å². The van der Waals surface area contributed by atoms with Gasteiger partial charge >= 0.3 is 0 Å². The number of aryl methyl sites for hydroxylation is 1. The number of terminal acetylenes is 1. The van der Waals surface area contributed by atoms with Crippen LogP contribution in [0.15, 0.2) is 48.0 Å². The first kappa shape index (κ1) is 24.4. The summed E-state index contributed by atoms with van der Waals surface area (Å²) in [5.41, 5.74) is 8.36. The lowest BCUT2D eigenvalue weighted by Gasteiger charge is -2.04. The Morgan fingerprint density at radius 2 is 1.41 bits per heavy atom. The standard InChI is InChI=1S/C20H19F.2C2H6.C2H2/c1-4-17-14(3)19(11-15-7-5-13(2)6-8-15)18-10-9-16(21)12-20(17)18;3*1-2/h5-12H,4H2,1-3H3;2*1-2H3;1-2H/b19-11+;;;. The van der Waals surface area contributed by atoms with Crippen LogP contribution >= 0.6 is 0 Å². The van der Waals surface area contributed by atoms with Crippen LogP contribution in [0.5, 0.6) is 0 Å². The second-order valence-corrected chi connectivity index (χ2v) is 5.62. The van der Waals surface area contributed by atoms with E-state index in [0.29, 0.717) is 0 Å². The Labute approximate surface area is 165 Å². The van der Waals surface area contributed by atoms with Gasteiger partial charge in [-0.2, -0.15) is 0 Å². The molecule has 0 amide bonds. The summed E-state index contributed by atoms with van der Waals surface area (Å²) in [6.07, 6.45) is 11.1. The van der Waals surface area contributed by atoms with Gasteiger partial charge < -0.3 is 0 Å². The summed E-state index contributed by atoms with van der Waals surface area (Å²) in [4.78, 5) is 0. The minimum Gasteiger partial charge on any atom is -0.207 e. The van der Waals surface area contributed by atoms with Crippen molar-refractivity contribution in [1.29, 1.82) is 0 Å². The summed E-state index contributed by atoms with van der Waals surface area (Å²) in [7, 11) is 0. The van der Waals surface area contributed by atoms with Gasteiger partial charge in [0.2, 0.25) is 0 Å². The molecule has 0 nitrogen and oxygen atoms in total. The zero-order valence-corrected chi connectivity index (χ0v) is 17.9. The smallest absolute Gasteiger partial charge is 0.123 e. The van der Waals surface area contributed by atoms with Gasteiger partial charge in [-0.15, -0.1) is 12.8 Å². The molecule has 0 fully saturated rings. The van der Waals surface area contributed by atoms with Crippen molar-refractivity contribution < 1.29 is 4.39 Å². The maximum atomic E-state index is 13.6. The number of rotatable bonds is 2. The highest BCUT2D eigenvalue weighted by Crippen LogP contribution is 2.43. The highest BCUT2D eigenvalue weighted by molar-refractivity contribution is 6.05. The van der Waals surface area contributed by atoms with Gasteiger partial charge in [-0.25, -0.2) is 4.39 Å². The summed E-state index contributed by atoms with van der Waals surface area (Å²) < 4.78 is 13.6. The van der Waals surface area contributed by atoms with E-state index in [2.05, 4.69) is 64.0 Å². The average Bonchev–Trinajstić information content (AvgIpc) is 2.98. The van der Waals surface area contributed by atoms with Crippen LogP contribution in [0.1, 0.15) is 70.2 Å². The molecule has 144 valence electrons. The number of fused-ring (bicyclic) bond motifs is 1. The molecule has 0 aliphatic heterocycles. The maximum Gasteiger partial charge on any atom is 0.123 e. The zero-order chi connectivity index (χ0) is 21.0. The van der Waals surface area contributed by atoms with Gasteiger partial charge in [0.15, 0.2) is 0 Å². The van der Waals surface area contributed by atoms with Crippen LogP contribution in [0.2, 0.25) is 0 Å². The number of halogens is 1. The maximum absolute atomic E-state index is 13.6. The molecule has 1 aliphatic carbocycles. The molecule has 1 aliphatic rings. The summed E-state index contributed by atoms with van der Waals surface area (Å²) in [5.74, 6) is -0.163. The fourth-order valence-electron chi connectivity index (χ4n) is 3.04. The van der Waals surface area contributed by atoms with Gasteiger partial charge in [0.1, 0.15) is 5.82 Å². The van der Waals surface area contributed by atoms with Crippen LogP contribution in [-0.4, -0.2) is 0 Å². The van der Waals surface area contributed by atoms with E-state index in [0.717, 1.165) is 17.5 Å². The van der Waals surface area contributed by atoms with Crippen LogP contribution in [0.4, 0.5) is 4.39 Å². The molecule has 27 heavy (non-hydrogen) atoms. The van der Waals surface area contributed by atoms with Crippen molar-refractivity contribution in [3.63, 3.8) is 0 Å². The molecule has 2 aromatic carbocycles. The SMILES string of the molecule is C#C.CC.CC.CCC1=C(C)/C(=C\c2ccc(C)cc2)c2ccc(F)cc21. The number of benzene rings is 2. The van der Waals surface area contributed by atoms with E-state index >= 15 is 0 Å². The Morgan fingerprint density at radius 1 is 0.852 bits per heavy atom. The lowest BCUT2D eigenvalue weighted by molar-refractivity contribution is 0.627. The predicted molar refractivity (Wildman–Crippen MR) is 121 cm³/mol. The Morgan fingerprint density at radius 3 is 1.93 bits per heavy atom. The summed E-state index contributed by atoms with van der Waals surface area (Å²) in [6, 6.07) is 13.6.